The molecule has 8 heteroatoms. The second-order valence-corrected chi connectivity index (χ2v) is 12.3. The maximum absolute atomic E-state index is 13.1. The van der Waals surface area contributed by atoms with E-state index in [1.807, 2.05) is 60.5 Å². The van der Waals surface area contributed by atoms with Gasteiger partial charge in [0.15, 0.2) is 5.13 Å². The summed E-state index contributed by atoms with van der Waals surface area (Å²) in [7, 11) is 1.87. The second-order valence-electron chi connectivity index (χ2n) is 10.6. The molecule has 208 valence electrons. The average Bonchev–Trinajstić information content (AvgIpc) is 3.44. The van der Waals surface area contributed by atoms with Gasteiger partial charge in [0.25, 0.3) is 5.91 Å². The summed E-state index contributed by atoms with van der Waals surface area (Å²) in [5.74, 6) is 0.130. The fourth-order valence-electron chi connectivity index (χ4n) is 5.80. The third kappa shape index (κ3) is 6.36. The van der Waals surface area contributed by atoms with E-state index in [9.17, 15) is 4.79 Å². The molecule has 4 aromatic rings. The number of hydrogen-bond donors (Lipinski definition) is 1. The lowest BCUT2D eigenvalue weighted by Crippen LogP contribution is -2.44. The van der Waals surface area contributed by atoms with Crippen LogP contribution in [0.1, 0.15) is 52.4 Å². The fraction of sp³-hybridized carbons (Fsp3) is 0.312. The molecular weight excluding hydrogens is 559 g/mol. The molecule has 1 saturated heterocycles. The maximum atomic E-state index is 13.1. The van der Waals surface area contributed by atoms with Crippen molar-refractivity contribution in [3.63, 3.8) is 0 Å². The molecule has 1 aliphatic heterocycles. The molecule has 1 atom stereocenters. The number of thiazole rings is 1. The average molecular weight is 594 g/mol. The maximum Gasteiger partial charge on any atom is 0.253 e. The van der Waals surface area contributed by atoms with Crippen molar-refractivity contribution in [2.24, 2.45) is 0 Å². The Morgan fingerprint density at radius 1 is 1.02 bits per heavy atom. The van der Waals surface area contributed by atoms with E-state index in [0.29, 0.717) is 27.3 Å². The van der Waals surface area contributed by atoms with Crippen LogP contribution in [-0.4, -0.2) is 53.9 Å². The highest BCUT2D eigenvalue weighted by molar-refractivity contribution is 7.13. The number of nitrogen functional groups attached to an aromatic ring is 1. The summed E-state index contributed by atoms with van der Waals surface area (Å²) < 4.78 is 0. The van der Waals surface area contributed by atoms with E-state index in [0.717, 1.165) is 50.2 Å². The second kappa shape index (κ2) is 12.7. The molecule has 2 heterocycles. The summed E-state index contributed by atoms with van der Waals surface area (Å²) in [5, 5.41) is 3.81. The number of anilines is 1. The lowest BCUT2D eigenvalue weighted by Gasteiger charge is -2.42. The van der Waals surface area contributed by atoms with E-state index in [-0.39, 0.29) is 17.2 Å². The van der Waals surface area contributed by atoms with Crippen LogP contribution >= 0.6 is 34.5 Å². The molecule has 1 aromatic heterocycles. The molecule has 0 bridgehead atoms. The van der Waals surface area contributed by atoms with Crippen LogP contribution in [0.2, 0.25) is 10.0 Å². The van der Waals surface area contributed by atoms with Gasteiger partial charge in [0.1, 0.15) is 0 Å². The van der Waals surface area contributed by atoms with Crippen LogP contribution in [0.3, 0.4) is 0 Å². The first-order valence-electron chi connectivity index (χ1n) is 13.6. The van der Waals surface area contributed by atoms with Gasteiger partial charge in [-0.1, -0.05) is 77.8 Å². The van der Waals surface area contributed by atoms with Crippen molar-refractivity contribution in [3.8, 4) is 0 Å². The summed E-state index contributed by atoms with van der Waals surface area (Å²) in [6.45, 7) is 3.42. The zero-order valence-electron chi connectivity index (χ0n) is 22.6. The Bertz CT molecular complexity index is 1420. The van der Waals surface area contributed by atoms with Crippen LogP contribution < -0.4 is 5.73 Å². The van der Waals surface area contributed by atoms with E-state index >= 15 is 0 Å². The van der Waals surface area contributed by atoms with Gasteiger partial charge < -0.3 is 15.5 Å². The Morgan fingerprint density at radius 2 is 1.70 bits per heavy atom. The first-order chi connectivity index (χ1) is 19.4. The number of aromatic nitrogens is 1. The van der Waals surface area contributed by atoms with Gasteiger partial charge >= 0.3 is 0 Å². The number of nitrogens with zero attached hydrogens (tertiary/aromatic N) is 3. The minimum atomic E-state index is -0.128. The van der Waals surface area contributed by atoms with Crippen molar-refractivity contribution in [2.75, 3.05) is 39.0 Å². The highest BCUT2D eigenvalue weighted by Gasteiger charge is 2.39. The Labute approximate surface area is 250 Å². The molecule has 0 spiro atoms. The number of rotatable bonds is 9. The van der Waals surface area contributed by atoms with Crippen LogP contribution in [0, 0.1) is 0 Å². The number of likely N-dealkylation sites (tertiary alicyclic amines) is 1. The molecule has 0 saturated carbocycles. The number of nitrogens with two attached hydrogens (primary N) is 1. The summed E-state index contributed by atoms with van der Waals surface area (Å²) in [4.78, 5) is 22.2. The molecule has 5 nitrogen and oxygen atoms in total. The fourth-order valence-corrected chi connectivity index (χ4v) is 6.77. The van der Waals surface area contributed by atoms with Gasteiger partial charge in [-0.2, -0.15) is 0 Å². The van der Waals surface area contributed by atoms with Gasteiger partial charge in [-0.3, -0.25) is 4.79 Å². The monoisotopic (exact) mass is 592 g/mol. The zero-order valence-corrected chi connectivity index (χ0v) is 24.9. The topological polar surface area (TPSA) is 62.5 Å². The van der Waals surface area contributed by atoms with Crippen molar-refractivity contribution >= 4 is 45.6 Å². The summed E-state index contributed by atoms with van der Waals surface area (Å²) >= 11 is 14.2. The van der Waals surface area contributed by atoms with Crippen LogP contribution in [-0.2, 0) is 5.41 Å². The number of benzene rings is 3. The van der Waals surface area contributed by atoms with Crippen LogP contribution in [0.15, 0.2) is 84.2 Å². The molecule has 0 aliphatic carbocycles. The van der Waals surface area contributed by atoms with Crippen molar-refractivity contribution in [1.82, 2.24) is 14.8 Å². The molecule has 0 radical (unpaired) electrons. The first-order valence-corrected chi connectivity index (χ1v) is 15.2. The quantitative estimate of drug-likeness (QED) is 0.220. The van der Waals surface area contributed by atoms with Crippen molar-refractivity contribution in [3.05, 3.63) is 117 Å². The van der Waals surface area contributed by atoms with Crippen molar-refractivity contribution < 1.29 is 4.79 Å². The molecule has 1 fully saturated rings. The van der Waals surface area contributed by atoms with Gasteiger partial charge in [0, 0.05) is 35.9 Å². The van der Waals surface area contributed by atoms with Crippen LogP contribution in [0.5, 0.6) is 0 Å². The van der Waals surface area contributed by atoms with Gasteiger partial charge in [-0.25, -0.2) is 4.98 Å². The number of hydrogen-bond acceptors (Lipinski definition) is 5. The predicted molar refractivity (Wildman–Crippen MR) is 167 cm³/mol. The number of piperidine rings is 1. The summed E-state index contributed by atoms with van der Waals surface area (Å²) in [5.41, 5.74) is 10.1. The van der Waals surface area contributed by atoms with Crippen LogP contribution in [0.25, 0.3) is 0 Å². The van der Waals surface area contributed by atoms with E-state index in [4.69, 9.17) is 33.9 Å². The molecule has 1 unspecified atom stereocenters. The molecule has 1 amide bonds. The number of amides is 1. The number of carbonyl (C=O) groups is 1. The van der Waals surface area contributed by atoms with E-state index in [2.05, 4.69) is 40.6 Å². The summed E-state index contributed by atoms with van der Waals surface area (Å²) in [6, 6.07) is 25.9. The lowest BCUT2D eigenvalue weighted by atomic mass is 9.70. The Balaban J connectivity index is 1.30. The molecule has 2 N–H and O–H groups in total. The first kappa shape index (κ1) is 28.6. The Kier molecular flexibility index (Phi) is 9.11. The minimum absolute atomic E-state index is 0.0128. The van der Waals surface area contributed by atoms with E-state index in [1.165, 1.54) is 16.9 Å². The zero-order chi connectivity index (χ0) is 28.1. The third-order valence-corrected chi connectivity index (χ3v) is 9.53. The normalized spacial score (nSPS) is 16.0. The molecule has 3 aromatic carbocycles. The van der Waals surface area contributed by atoms with Gasteiger partial charge in [-0.05, 0) is 74.3 Å². The van der Waals surface area contributed by atoms with Gasteiger partial charge in [0.05, 0.1) is 15.7 Å². The van der Waals surface area contributed by atoms with E-state index in [1.54, 1.807) is 0 Å². The van der Waals surface area contributed by atoms with Gasteiger partial charge in [-0.15, -0.1) is 11.3 Å². The highest BCUT2D eigenvalue weighted by Crippen LogP contribution is 2.42. The molecule has 40 heavy (non-hydrogen) atoms. The Morgan fingerprint density at radius 3 is 2.33 bits per heavy atom. The Hall–Kier alpha value is -2.90. The molecule has 5 rings (SSSR count). The third-order valence-electron chi connectivity index (χ3n) is 8.12. The van der Waals surface area contributed by atoms with Crippen LogP contribution in [0.4, 0.5) is 5.13 Å². The SMILES string of the molecule is CN(CC(CCN1CCC(c2ccccc2)(c2csc(N)n2)CC1)c1ccc(Cl)c(Cl)c1)C(=O)c1ccccc1. The van der Waals surface area contributed by atoms with E-state index < -0.39 is 0 Å². The number of carbonyl (C=O) groups excluding carboxylic acids is 1. The predicted octanol–water partition coefficient (Wildman–Crippen LogP) is 7.36. The molecule has 1 aliphatic rings. The van der Waals surface area contributed by atoms with Gasteiger partial charge in [0.2, 0.25) is 0 Å². The lowest BCUT2D eigenvalue weighted by molar-refractivity contribution is 0.0781. The highest BCUT2D eigenvalue weighted by atomic mass is 35.5. The number of halogens is 2. The smallest absolute Gasteiger partial charge is 0.253 e. The largest absolute Gasteiger partial charge is 0.375 e. The van der Waals surface area contributed by atoms with Crippen molar-refractivity contribution in [1.29, 1.82) is 0 Å². The standard InChI is InChI=1S/C32H34Cl2N4OS/c1-37(30(39)23-8-4-2-5-9-23)21-25(24-12-13-27(33)28(34)20-24)14-17-38-18-15-32(16-19-38,26-10-6-3-7-11-26)29-22-40-31(35)36-29/h2-13,20,22,25H,14-19,21H2,1H3,(H2,35,36). The number of likely N-dealkylation sites (N-methyl/N-ethyl adjacent to an activating group) is 1. The summed E-state index contributed by atoms with van der Waals surface area (Å²) in [6.07, 6.45) is 2.85. The minimum Gasteiger partial charge on any atom is -0.375 e. The molecular formula is C32H34Cl2N4OS. The van der Waals surface area contributed by atoms with Crippen molar-refractivity contribution in [2.45, 2.75) is 30.6 Å².